The summed E-state index contributed by atoms with van der Waals surface area (Å²) in [4.78, 5) is 24.0. The summed E-state index contributed by atoms with van der Waals surface area (Å²) in [7, 11) is 0. The molecular formula is C45H76O7. The maximum atomic E-state index is 12.0. The number of allylic oxidation sites excluding steroid dienone is 8. The van der Waals surface area contributed by atoms with E-state index in [4.69, 9.17) is 9.47 Å². The van der Waals surface area contributed by atoms with Gasteiger partial charge in [-0.15, -0.1) is 0 Å². The summed E-state index contributed by atoms with van der Waals surface area (Å²) in [5.74, 6) is 0.0955. The van der Waals surface area contributed by atoms with Gasteiger partial charge in [0.25, 0.3) is 0 Å². The number of carbonyl (C=O) groups is 2. The van der Waals surface area contributed by atoms with E-state index in [0.29, 0.717) is 25.7 Å². The molecule has 0 radical (unpaired) electrons. The number of ether oxygens (including phenoxy) is 2. The molecule has 0 amide bonds. The highest BCUT2D eigenvalue weighted by Gasteiger charge is 2.12. The van der Waals surface area contributed by atoms with Gasteiger partial charge in [-0.05, 0) is 44.4 Å². The zero-order valence-electron chi connectivity index (χ0n) is 33.2. The van der Waals surface area contributed by atoms with Crippen LogP contribution < -0.4 is 0 Å². The standard InChI is InChI=1S/C45H76O7/c1-4-5-24-32-41(46)33-26-20-16-14-17-21-27-34-42(47)35-28-23-30-37-45(50)52-39-43(48)38-51-44(49)36-29-22-18-13-11-9-7-6-8-10-12-15-19-25-31-40(2)3/h5,16-17,20-21,24,26-28,33-35,40-43,46-48H,4,6-15,18-19,22-23,25,29-32,36-39H2,1-3H3/b20-16-,21-17-,24-5-,33-26+,34-27+,35-28-/t41-,42-,43+/m1/s1. The molecule has 0 bridgehead atoms. The first-order valence-electron chi connectivity index (χ1n) is 20.6. The molecule has 0 aromatic rings. The van der Waals surface area contributed by atoms with Crippen molar-refractivity contribution in [2.75, 3.05) is 13.2 Å². The minimum absolute atomic E-state index is 0.177. The van der Waals surface area contributed by atoms with Crippen LogP contribution in [0.15, 0.2) is 72.9 Å². The van der Waals surface area contributed by atoms with Gasteiger partial charge in [0.15, 0.2) is 0 Å². The number of hydrogen-bond donors (Lipinski definition) is 3. The molecule has 0 aromatic heterocycles. The quantitative estimate of drug-likeness (QED) is 0.0258. The van der Waals surface area contributed by atoms with Gasteiger partial charge in [-0.1, -0.05) is 184 Å². The van der Waals surface area contributed by atoms with Crippen molar-refractivity contribution in [1.82, 2.24) is 0 Å². The van der Waals surface area contributed by atoms with E-state index in [2.05, 4.69) is 20.8 Å². The second kappa shape index (κ2) is 38.0. The molecule has 0 heterocycles. The van der Waals surface area contributed by atoms with E-state index in [-0.39, 0.29) is 25.6 Å². The molecule has 3 N–H and O–H groups in total. The first kappa shape index (κ1) is 49.3. The minimum atomic E-state index is -1.04. The third-order valence-electron chi connectivity index (χ3n) is 8.56. The van der Waals surface area contributed by atoms with E-state index in [1.807, 2.05) is 48.6 Å². The zero-order chi connectivity index (χ0) is 38.3. The van der Waals surface area contributed by atoms with E-state index in [9.17, 15) is 24.9 Å². The van der Waals surface area contributed by atoms with Crippen LogP contribution in [0.3, 0.4) is 0 Å². The first-order valence-corrected chi connectivity index (χ1v) is 20.6. The Morgan fingerprint density at radius 2 is 1.06 bits per heavy atom. The van der Waals surface area contributed by atoms with Crippen LogP contribution in [0.25, 0.3) is 0 Å². The van der Waals surface area contributed by atoms with Crippen LogP contribution in [0.5, 0.6) is 0 Å². The number of aliphatic hydroxyl groups excluding tert-OH is 3. The Morgan fingerprint density at radius 3 is 1.60 bits per heavy atom. The largest absolute Gasteiger partial charge is 0.463 e. The van der Waals surface area contributed by atoms with E-state index >= 15 is 0 Å². The van der Waals surface area contributed by atoms with Gasteiger partial charge in [-0.3, -0.25) is 9.59 Å². The molecule has 0 aliphatic rings. The number of rotatable bonds is 35. The molecular weight excluding hydrogens is 652 g/mol. The molecule has 0 saturated carbocycles. The van der Waals surface area contributed by atoms with Gasteiger partial charge in [0.05, 0.1) is 12.2 Å². The van der Waals surface area contributed by atoms with Crippen LogP contribution >= 0.6 is 0 Å². The lowest BCUT2D eigenvalue weighted by Gasteiger charge is -2.12. The summed E-state index contributed by atoms with van der Waals surface area (Å²) in [5.41, 5.74) is 0. The summed E-state index contributed by atoms with van der Waals surface area (Å²) in [5, 5.41) is 29.9. The van der Waals surface area contributed by atoms with Crippen molar-refractivity contribution in [2.45, 2.75) is 180 Å². The van der Waals surface area contributed by atoms with Crippen LogP contribution in [0.2, 0.25) is 0 Å². The van der Waals surface area contributed by atoms with Gasteiger partial charge in [0.1, 0.15) is 19.3 Å². The van der Waals surface area contributed by atoms with Crippen LogP contribution in [0.1, 0.15) is 162 Å². The van der Waals surface area contributed by atoms with Crippen molar-refractivity contribution in [3.8, 4) is 0 Å². The van der Waals surface area contributed by atoms with E-state index < -0.39 is 24.3 Å². The molecule has 0 fully saturated rings. The van der Waals surface area contributed by atoms with Crippen LogP contribution in [0.4, 0.5) is 0 Å². The average Bonchev–Trinajstić information content (AvgIpc) is 3.12. The van der Waals surface area contributed by atoms with Crippen molar-refractivity contribution < 1.29 is 34.4 Å². The minimum Gasteiger partial charge on any atom is -0.463 e. The molecule has 0 aliphatic heterocycles. The Bertz CT molecular complexity index is 1010. The van der Waals surface area contributed by atoms with Crippen molar-refractivity contribution in [2.24, 2.45) is 5.92 Å². The highest BCUT2D eigenvalue weighted by Crippen LogP contribution is 2.15. The Kier molecular flexibility index (Phi) is 36.0. The maximum Gasteiger partial charge on any atom is 0.305 e. The maximum absolute atomic E-state index is 12.0. The number of esters is 2. The lowest BCUT2D eigenvalue weighted by Crippen LogP contribution is -2.25. The molecule has 52 heavy (non-hydrogen) atoms. The van der Waals surface area contributed by atoms with Gasteiger partial charge in [0, 0.05) is 12.8 Å². The van der Waals surface area contributed by atoms with E-state index in [1.54, 1.807) is 24.3 Å². The number of hydrogen-bond acceptors (Lipinski definition) is 7. The Balaban J connectivity index is 3.69. The monoisotopic (exact) mass is 729 g/mol. The molecule has 3 atom stereocenters. The second-order valence-electron chi connectivity index (χ2n) is 14.3. The predicted molar refractivity (Wildman–Crippen MR) is 217 cm³/mol. The molecule has 0 unspecified atom stereocenters. The zero-order valence-corrected chi connectivity index (χ0v) is 33.2. The molecule has 0 spiro atoms. The molecule has 7 heteroatoms. The highest BCUT2D eigenvalue weighted by atomic mass is 16.6. The fraction of sp³-hybridized carbons (Fsp3) is 0.689. The van der Waals surface area contributed by atoms with Crippen LogP contribution in [0, 0.1) is 5.92 Å². The SMILES string of the molecule is CC/C=C\C[C@@H](O)/C=C/C=C\C/C=C\C=C\[C@@H](O)/C=C\CCCC(=O)OC[C@@H](O)COC(=O)CCCCCCCCCCCCCCCCC(C)C. The predicted octanol–water partition coefficient (Wildman–Crippen LogP) is 10.8. The van der Waals surface area contributed by atoms with Crippen molar-refractivity contribution >= 4 is 11.9 Å². The van der Waals surface area contributed by atoms with Crippen LogP contribution in [-0.2, 0) is 19.1 Å². The average molecular weight is 729 g/mol. The third kappa shape index (κ3) is 38.5. The van der Waals surface area contributed by atoms with Gasteiger partial charge in [0.2, 0.25) is 0 Å². The van der Waals surface area contributed by atoms with Gasteiger partial charge < -0.3 is 24.8 Å². The first-order chi connectivity index (χ1) is 25.2. The smallest absolute Gasteiger partial charge is 0.305 e. The fourth-order valence-corrected chi connectivity index (χ4v) is 5.42. The highest BCUT2D eigenvalue weighted by molar-refractivity contribution is 5.69. The van der Waals surface area contributed by atoms with Gasteiger partial charge >= 0.3 is 11.9 Å². The van der Waals surface area contributed by atoms with E-state index in [0.717, 1.165) is 38.0 Å². The lowest BCUT2D eigenvalue weighted by molar-refractivity contribution is -0.152. The Labute approximate surface area is 318 Å². The molecule has 0 aromatic carbocycles. The fourth-order valence-electron chi connectivity index (χ4n) is 5.42. The summed E-state index contributed by atoms with van der Waals surface area (Å²) in [6, 6.07) is 0. The molecule has 7 nitrogen and oxygen atoms in total. The van der Waals surface area contributed by atoms with Crippen LogP contribution in [-0.4, -0.2) is 58.8 Å². The van der Waals surface area contributed by atoms with Crippen molar-refractivity contribution in [3.63, 3.8) is 0 Å². The lowest BCUT2D eigenvalue weighted by atomic mass is 10.0. The molecule has 298 valence electrons. The molecule has 0 aliphatic carbocycles. The van der Waals surface area contributed by atoms with E-state index in [1.165, 1.54) is 77.0 Å². The summed E-state index contributed by atoms with van der Waals surface area (Å²) >= 11 is 0. The van der Waals surface area contributed by atoms with Gasteiger partial charge in [-0.2, -0.15) is 0 Å². The molecule has 0 saturated heterocycles. The van der Waals surface area contributed by atoms with Gasteiger partial charge in [-0.25, -0.2) is 0 Å². The summed E-state index contributed by atoms with van der Waals surface area (Å²) in [6.45, 7) is 6.29. The van der Waals surface area contributed by atoms with Crippen molar-refractivity contribution in [1.29, 1.82) is 0 Å². The summed E-state index contributed by atoms with van der Waals surface area (Å²) in [6.07, 6.45) is 43.2. The number of carbonyl (C=O) groups excluding carboxylic acids is 2. The summed E-state index contributed by atoms with van der Waals surface area (Å²) < 4.78 is 10.2. The van der Waals surface area contributed by atoms with Crippen molar-refractivity contribution in [3.05, 3.63) is 72.9 Å². The number of unbranched alkanes of at least 4 members (excludes halogenated alkanes) is 14. The topological polar surface area (TPSA) is 113 Å². The normalized spacial score (nSPS) is 14.3. The number of aliphatic hydroxyl groups is 3. The second-order valence-corrected chi connectivity index (χ2v) is 14.3. The Hall–Kier alpha value is -2.74. The third-order valence-corrected chi connectivity index (χ3v) is 8.56. The Morgan fingerprint density at radius 1 is 0.558 bits per heavy atom. The molecule has 0 rings (SSSR count).